The van der Waals surface area contributed by atoms with E-state index < -0.39 is 0 Å². The predicted molar refractivity (Wildman–Crippen MR) is 113 cm³/mol. The molecule has 0 bridgehead atoms. The number of likely N-dealkylation sites (tertiary alicyclic amines) is 1. The first-order chi connectivity index (χ1) is 13.1. The molecule has 1 saturated heterocycles. The first kappa shape index (κ1) is 19.0. The van der Waals surface area contributed by atoms with Crippen molar-refractivity contribution in [3.8, 4) is 0 Å². The summed E-state index contributed by atoms with van der Waals surface area (Å²) in [7, 11) is 0. The molecule has 0 radical (unpaired) electrons. The number of fused-ring (bicyclic) bond motifs is 2. The molecule has 1 aromatic rings. The summed E-state index contributed by atoms with van der Waals surface area (Å²) in [6.45, 7) is 7.81. The average Bonchev–Trinajstić information content (AvgIpc) is 2.97. The lowest BCUT2D eigenvalue weighted by Gasteiger charge is -2.42. The second-order valence-electron chi connectivity index (χ2n) is 9.50. The van der Waals surface area contributed by atoms with E-state index in [1.54, 1.807) is 6.92 Å². The van der Waals surface area contributed by atoms with E-state index in [0.717, 1.165) is 18.3 Å². The maximum absolute atomic E-state index is 11.7. The van der Waals surface area contributed by atoms with E-state index in [2.05, 4.69) is 41.4 Å². The van der Waals surface area contributed by atoms with E-state index in [4.69, 9.17) is 0 Å². The molecule has 1 saturated carbocycles. The van der Waals surface area contributed by atoms with Gasteiger partial charge in [-0.3, -0.25) is 4.79 Å². The van der Waals surface area contributed by atoms with Gasteiger partial charge in [0.1, 0.15) is 0 Å². The number of rotatable bonds is 4. The molecule has 1 aliphatic heterocycles. The van der Waals surface area contributed by atoms with Crippen LogP contribution in [0.2, 0.25) is 0 Å². The predicted octanol–water partition coefficient (Wildman–Crippen LogP) is 5.06. The van der Waals surface area contributed by atoms with Crippen LogP contribution < -0.4 is 5.32 Å². The van der Waals surface area contributed by atoms with Crippen molar-refractivity contribution in [1.29, 1.82) is 0 Å². The van der Waals surface area contributed by atoms with Gasteiger partial charge >= 0.3 is 0 Å². The molecule has 1 spiro atoms. The summed E-state index contributed by atoms with van der Waals surface area (Å²) in [5, 5.41) is 3.20. The third-order valence-electron chi connectivity index (χ3n) is 7.69. The van der Waals surface area contributed by atoms with E-state index in [0.29, 0.717) is 0 Å². The van der Waals surface area contributed by atoms with Crippen LogP contribution in [0.25, 0.3) is 0 Å². The van der Waals surface area contributed by atoms with Crippen LogP contribution in [0.4, 0.5) is 0 Å². The first-order valence-corrected chi connectivity index (χ1v) is 11.2. The molecule has 3 heteroatoms. The molecule has 2 fully saturated rings. The maximum atomic E-state index is 11.7. The zero-order valence-corrected chi connectivity index (χ0v) is 17.2. The fraction of sp³-hybridized carbons (Fsp3) is 0.708. The highest BCUT2D eigenvalue weighted by Gasteiger charge is 2.45. The summed E-state index contributed by atoms with van der Waals surface area (Å²) in [6.07, 6.45) is 10.8. The van der Waals surface area contributed by atoms with Crippen molar-refractivity contribution in [2.24, 2.45) is 11.8 Å². The Hall–Kier alpha value is -1.35. The normalized spacial score (nSPS) is 26.7. The van der Waals surface area contributed by atoms with E-state index in [1.165, 1.54) is 75.7 Å². The molecule has 3 aliphatic rings. The smallest absolute Gasteiger partial charge is 0.217 e. The van der Waals surface area contributed by atoms with Crippen LogP contribution in [0.5, 0.6) is 0 Å². The minimum atomic E-state index is 0. The van der Waals surface area contributed by atoms with Gasteiger partial charge in [-0.05, 0) is 55.3 Å². The van der Waals surface area contributed by atoms with Gasteiger partial charge in [-0.25, -0.2) is 0 Å². The molecule has 4 rings (SSSR count). The highest BCUT2D eigenvalue weighted by molar-refractivity contribution is 5.73. The van der Waals surface area contributed by atoms with E-state index >= 15 is 0 Å². The Balaban J connectivity index is 0.00000225. The minimum absolute atomic E-state index is 0. The Labute approximate surface area is 166 Å². The molecule has 1 heterocycles. The van der Waals surface area contributed by atoms with Crippen molar-refractivity contribution in [3.63, 3.8) is 0 Å². The third-order valence-corrected chi connectivity index (χ3v) is 7.69. The fourth-order valence-electron chi connectivity index (χ4n) is 6.17. The summed E-state index contributed by atoms with van der Waals surface area (Å²) in [4.78, 5) is 14.4. The van der Waals surface area contributed by atoms with Crippen molar-refractivity contribution in [2.45, 2.75) is 76.7 Å². The SMILES string of the molecule is CC(=O)N[C@H]1CC2(CCN(CC(C)C3CCCCC3)CC2)c2ccccc21.[HH]. The lowest BCUT2D eigenvalue weighted by atomic mass is 9.73. The molecular formula is C24H38N2O. The summed E-state index contributed by atoms with van der Waals surface area (Å²) >= 11 is 0. The number of hydrogen-bond donors (Lipinski definition) is 1. The Morgan fingerprint density at radius 2 is 1.93 bits per heavy atom. The van der Waals surface area contributed by atoms with E-state index in [-0.39, 0.29) is 18.8 Å². The van der Waals surface area contributed by atoms with Crippen LogP contribution in [0.3, 0.4) is 0 Å². The molecule has 2 aliphatic carbocycles. The number of nitrogens with zero attached hydrogens (tertiary/aromatic N) is 1. The van der Waals surface area contributed by atoms with Gasteiger partial charge in [0.05, 0.1) is 6.04 Å². The number of piperidine rings is 1. The summed E-state index contributed by atoms with van der Waals surface area (Å²) in [6, 6.07) is 9.04. The summed E-state index contributed by atoms with van der Waals surface area (Å²) in [5.41, 5.74) is 3.13. The summed E-state index contributed by atoms with van der Waals surface area (Å²) < 4.78 is 0. The van der Waals surface area contributed by atoms with Gasteiger partial charge in [-0.2, -0.15) is 0 Å². The van der Waals surface area contributed by atoms with Crippen LogP contribution in [-0.4, -0.2) is 30.4 Å². The third kappa shape index (κ3) is 3.94. The van der Waals surface area contributed by atoms with Gasteiger partial charge in [-0.15, -0.1) is 0 Å². The molecule has 1 amide bonds. The average molecular weight is 371 g/mol. The molecule has 1 aromatic carbocycles. The van der Waals surface area contributed by atoms with Gasteiger partial charge in [0, 0.05) is 20.3 Å². The molecule has 3 nitrogen and oxygen atoms in total. The quantitative estimate of drug-likeness (QED) is 0.803. The van der Waals surface area contributed by atoms with Crippen LogP contribution in [-0.2, 0) is 10.2 Å². The monoisotopic (exact) mass is 370 g/mol. The zero-order chi connectivity index (χ0) is 18.9. The second-order valence-corrected chi connectivity index (χ2v) is 9.50. The Morgan fingerprint density at radius 1 is 1.22 bits per heavy atom. The number of hydrogen-bond acceptors (Lipinski definition) is 2. The molecule has 0 aromatic heterocycles. The van der Waals surface area contributed by atoms with Crippen molar-refractivity contribution < 1.29 is 6.22 Å². The number of benzene rings is 1. The number of nitrogens with one attached hydrogen (secondary N) is 1. The molecule has 150 valence electrons. The van der Waals surface area contributed by atoms with Gasteiger partial charge in [-0.1, -0.05) is 63.3 Å². The number of carbonyl (C=O) groups is 1. The Kier molecular flexibility index (Phi) is 5.59. The van der Waals surface area contributed by atoms with Gasteiger partial charge in [0.15, 0.2) is 0 Å². The molecule has 2 atom stereocenters. The minimum Gasteiger partial charge on any atom is -0.349 e. The summed E-state index contributed by atoms with van der Waals surface area (Å²) in [5.74, 6) is 1.87. The van der Waals surface area contributed by atoms with E-state index in [1.807, 2.05) is 0 Å². The van der Waals surface area contributed by atoms with Crippen molar-refractivity contribution in [3.05, 3.63) is 35.4 Å². The number of carbonyl (C=O) groups excluding carboxylic acids is 1. The molecule has 1 unspecified atom stereocenters. The first-order valence-electron chi connectivity index (χ1n) is 11.2. The van der Waals surface area contributed by atoms with Gasteiger partial charge < -0.3 is 10.2 Å². The van der Waals surface area contributed by atoms with Gasteiger partial charge in [0.2, 0.25) is 5.91 Å². The second kappa shape index (κ2) is 7.95. The van der Waals surface area contributed by atoms with Crippen LogP contribution in [0.15, 0.2) is 24.3 Å². The Bertz CT molecular complexity index is 662. The zero-order valence-electron chi connectivity index (χ0n) is 17.2. The largest absolute Gasteiger partial charge is 0.349 e. The lowest BCUT2D eigenvalue weighted by molar-refractivity contribution is -0.119. The van der Waals surface area contributed by atoms with Crippen LogP contribution >= 0.6 is 0 Å². The van der Waals surface area contributed by atoms with Gasteiger partial charge in [0.25, 0.3) is 0 Å². The molecular weight excluding hydrogens is 332 g/mol. The standard InChI is InChI=1S/C24H36N2O.H2/c1-18(20-8-4-3-5-9-20)17-26-14-12-24(13-15-26)16-23(25-19(2)27)21-10-6-7-11-22(21)24;/h6-7,10-11,18,20,23H,3-5,8-9,12-17H2,1-2H3,(H,25,27);1H/t18?,23-;/m0./s1. The van der Waals surface area contributed by atoms with Crippen molar-refractivity contribution in [2.75, 3.05) is 19.6 Å². The molecule has 1 N–H and O–H groups in total. The fourth-order valence-corrected chi connectivity index (χ4v) is 6.17. The van der Waals surface area contributed by atoms with E-state index in [9.17, 15) is 4.79 Å². The lowest BCUT2D eigenvalue weighted by Crippen LogP contribution is -2.44. The maximum Gasteiger partial charge on any atom is 0.217 e. The Morgan fingerprint density at radius 3 is 2.63 bits per heavy atom. The number of amides is 1. The van der Waals surface area contributed by atoms with Crippen molar-refractivity contribution >= 4 is 5.91 Å². The molecule has 27 heavy (non-hydrogen) atoms. The van der Waals surface area contributed by atoms with Crippen LogP contribution in [0.1, 0.15) is 83.8 Å². The highest BCUT2D eigenvalue weighted by Crippen LogP contribution is 2.50. The topological polar surface area (TPSA) is 32.3 Å². The van der Waals surface area contributed by atoms with Crippen LogP contribution in [0, 0.1) is 11.8 Å². The van der Waals surface area contributed by atoms with Crippen molar-refractivity contribution in [1.82, 2.24) is 10.2 Å². The highest BCUT2D eigenvalue weighted by atomic mass is 16.1.